The van der Waals surface area contributed by atoms with Crippen LogP contribution in [0.25, 0.3) is 0 Å². The number of hydrogen-bond acceptors (Lipinski definition) is 5. The van der Waals surface area contributed by atoms with Crippen molar-refractivity contribution in [2.24, 2.45) is 0 Å². The molecule has 0 aliphatic heterocycles. The highest BCUT2D eigenvalue weighted by atomic mass is 35.5. The fourth-order valence-electron chi connectivity index (χ4n) is 1.16. The average molecular weight is 243 g/mol. The van der Waals surface area contributed by atoms with E-state index in [4.69, 9.17) is 17.0 Å². The van der Waals surface area contributed by atoms with E-state index in [-0.39, 0.29) is 5.28 Å². The summed E-state index contributed by atoms with van der Waals surface area (Å²) in [5.74, 6) is 0.467. The zero-order chi connectivity index (χ0) is 12.3. The van der Waals surface area contributed by atoms with Gasteiger partial charge in [0.15, 0.2) is 0 Å². The normalized spacial score (nSPS) is 11.3. The maximum absolute atomic E-state index is 9.59. The van der Waals surface area contributed by atoms with E-state index in [1.807, 2.05) is 0 Å². The smallest absolute Gasteiger partial charge is 0.224 e. The van der Waals surface area contributed by atoms with Crippen LogP contribution in [0.15, 0.2) is 0 Å². The Bertz CT molecular complexity index is 401. The molecule has 0 amide bonds. The molecule has 1 heterocycles. The molecular formula is C10H15ClN4O. The van der Waals surface area contributed by atoms with Gasteiger partial charge in [0.05, 0.1) is 16.9 Å². The van der Waals surface area contributed by atoms with Gasteiger partial charge in [0.1, 0.15) is 5.82 Å². The second kappa shape index (κ2) is 4.76. The lowest BCUT2D eigenvalue weighted by Crippen LogP contribution is -2.30. The summed E-state index contributed by atoms with van der Waals surface area (Å²) in [6.45, 7) is 5.43. The Labute approximate surface area is 99.4 Å². The van der Waals surface area contributed by atoms with E-state index in [1.54, 1.807) is 20.8 Å². The first kappa shape index (κ1) is 12.9. The topological polar surface area (TPSA) is 81.9 Å². The molecule has 1 aromatic rings. The van der Waals surface area contributed by atoms with Gasteiger partial charge in [-0.25, -0.2) is 9.97 Å². The van der Waals surface area contributed by atoms with Gasteiger partial charge >= 0.3 is 0 Å². The van der Waals surface area contributed by atoms with Crippen LogP contribution in [0, 0.1) is 12.3 Å². The average Bonchev–Trinajstić information content (AvgIpc) is 2.12. The number of halogens is 1. The molecule has 0 aliphatic rings. The van der Waals surface area contributed by atoms with E-state index >= 15 is 0 Å². The zero-order valence-corrected chi connectivity index (χ0v) is 10.3. The highest BCUT2D eigenvalue weighted by molar-refractivity contribution is 6.28. The van der Waals surface area contributed by atoms with Crippen LogP contribution in [0.5, 0.6) is 0 Å². The lowest BCUT2D eigenvalue weighted by atomic mass is 10.1. The second-order valence-corrected chi connectivity index (χ2v) is 4.49. The van der Waals surface area contributed by atoms with E-state index in [2.05, 4.69) is 15.3 Å². The molecule has 0 radical (unpaired) electrons. The van der Waals surface area contributed by atoms with Gasteiger partial charge in [-0.3, -0.25) is 0 Å². The molecule has 0 aliphatic carbocycles. The summed E-state index contributed by atoms with van der Waals surface area (Å²) in [6, 6.07) is 0. The predicted molar refractivity (Wildman–Crippen MR) is 64.5 cm³/mol. The summed E-state index contributed by atoms with van der Waals surface area (Å²) < 4.78 is 0. The standard InChI is InChI=1S/C10H15ClN4O/c1-6-7(4-12)8(15-9(11)14-6)13-5-10(2,3)16/h4,12,16H,5H2,1-3H3,(H,13,14,15). The number of aryl methyl sites for hydroxylation is 1. The third kappa shape index (κ3) is 3.43. The molecule has 0 saturated heterocycles. The van der Waals surface area contributed by atoms with E-state index < -0.39 is 5.60 Å². The number of anilines is 1. The second-order valence-electron chi connectivity index (χ2n) is 4.15. The molecule has 6 heteroatoms. The molecule has 3 N–H and O–H groups in total. The molecule has 0 unspecified atom stereocenters. The highest BCUT2D eigenvalue weighted by Crippen LogP contribution is 2.17. The summed E-state index contributed by atoms with van der Waals surface area (Å²) in [7, 11) is 0. The van der Waals surface area contributed by atoms with Gasteiger partial charge < -0.3 is 15.8 Å². The van der Waals surface area contributed by atoms with Crippen molar-refractivity contribution in [2.75, 3.05) is 11.9 Å². The third-order valence-corrected chi connectivity index (χ3v) is 2.11. The Morgan fingerprint density at radius 1 is 1.50 bits per heavy atom. The van der Waals surface area contributed by atoms with Gasteiger partial charge in [0.2, 0.25) is 5.28 Å². The largest absolute Gasteiger partial charge is 0.389 e. The molecular weight excluding hydrogens is 228 g/mol. The summed E-state index contributed by atoms with van der Waals surface area (Å²) >= 11 is 5.73. The van der Waals surface area contributed by atoms with Crippen LogP contribution in [0.2, 0.25) is 5.28 Å². The van der Waals surface area contributed by atoms with Gasteiger partial charge in [-0.1, -0.05) is 0 Å². The van der Waals surface area contributed by atoms with Crippen molar-refractivity contribution in [1.29, 1.82) is 5.41 Å². The predicted octanol–water partition coefficient (Wildman–Crippen LogP) is 1.62. The maximum Gasteiger partial charge on any atom is 0.224 e. The number of nitrogens with one attached hydrogen (secondary N) is 2. The lowest BCUT2D eigenvalue weighted by Gasteiger charge is -2.19. The number of aliphatic hydroxyl groups is 1. The van der Waals surface area contributed by atoms with Gasteiger partial charge in [-0.2, -0.15) is 0 Å². The van der Waals surface area contributed by atoms with Gasteiger partial charge in [-0.05, 0) is 32.4 Å². The van der Waals surface area contributed by atoms with Crippen molar-refractivity contribution in [2.45, 2.75) is 26.4 Å². The monoisotopic (exact) mass is 242 g/mol. The van der Waals surface area contributed by atoms with Gasteiger partial charge in [0, 0.05) is 12.8 Å². The van der Waals surface area contributed by atoms with Crippen LogP contribution >= 0.6 is 11.6 Å². The van der Waals surface area contributed by atoms with Crippen LogP contribution in [0.1, 0.15) is 25.1 Å². The molecule has 0 atom stereocenters. The van der Waals surface area contributed by atoms with Gasteiger partial charge in [-0.15, -0.1) is 0 Å². The minimum Gasteiger partial charge on any atom is -0.389 e. The number of rotatable bonds is 4. The fraction of sp³-hybridized carbons (Fsp3) is 0.500. The minimum absolute atomic E-state index is 0.126. The first-order valence-corrected chi connectivity index (χ1v) is 5.22. The molecule has 0 spiro atoms. The van der Waals surface area contributed by atoms with Crippen LogP contribution in [-0.2, 0) is 0 Å². The van der Waals surface area contributed by atoms with Crippen molar-refractivity contribution in [1.82, 2.24) is 9.97 Å². The van der Waals surface area contributed by atoms with Crippen LogP contribution in [0.4, 0.5) is 5.82 Å². The first-order valence-electron chi connectivity index (χ1n) is 4.84. The van der Waals surface area contributed by atoms with E-state index in [1.165, 1.54) is 6.21 Å². The number of aromatic nitrogens is 2. The maximum atomic E-state index is 9.59. The highest BCUT2D eigenvalue weighted by Gasteiger charge is 2.15. The Hall–Kier alpha value is -1.20. The minimum atomic E-state index is -0.857. The number of nitrogens with zero attached hydrogens (tertiary/aromatic N) is 2. The van der Waals surface area contributed by atoms with Crippen molar-refractivity contribution in [3.8, 4) is 0 Å². The van der Waals surface area contributed by atoms with Gasteiger partial charge in [0.25, 0.3) is 0 Å². The fourth-order valence-corrected chi connectivity index (χ4v) is 1.37. The van der Waals surface area contributed by atoms with Crippen LogP contribution < -0.4 is 5.32 Å². The van der Waals surface area contributed by atoms with Crippen molar-refractivity contribution in [3.63, 3.8) is 0 Å². The quantitative estimate of drug-likeness (QED) is 0.554. The molecule has 0 saturated carbocycles. The zero-order valence-electron chi connectivity index (χ0n) is 9.50. The Morgan fingerprint density at radius 3 is 2.62 bits per heavy atom. The van der Waals surface area contributed by atoms with Crippen LogP contribution in [0.3, 0.4) is 0 Å². The van der Waals surface area contributed by atoms with E-state index in [9.17, 15) is 5.11 Å². The Morgan fingerprint density at radius 2 is 2.12 bits per heavy atom. The molecule has 16 heavy (non-hydrogen) atoms. The molecule has 1 aromatic heterocycles. The lowest BCUT2D eigenvalue weighted by molar-refractivity contribution is 0.0944. The summed E-state index contributed by atoms with van der Waals surface area (Å²) in [5, 5.41) is 19.9. The summed E-state index contributed by atoms with van der Waals surface area (Å²) in [5.41, 5.74) is 0.354. The summed E-state index contributed by atoms with van der Waals surface area (Å²) in [6.07, 6.45) is 1.17. The molecule has 0 bridgehead atoms. The van der Waals surface area contributed by atoms with E-state index in [0.29, 0.717) is 23.6 Å². The molecule has 0 aromatic carbocycles. The van der Waals surface area contributed by atoms with E-state index in [0.717, 1.165) is 0 Å². The molecule has 88 valence electrons. The molecule has 5 nitrogen and oxygen atoms in total. The van der Waals surface area contributed by atoms with Crippen molar-refractivity contribution in [3.05, 3.63) is 16.5 Å². The Kier molecular flexibility index (Phi) is 3.83. The SMILES string of the molecule is Cc1nc(Cl)nc(NCC(C)(C)O)c1C=N. The Balaban J connectivity index is 2.98. The summed E-state index contributed by atoms with van der Waals surface area (Å²) in [4.78, 5) is 7.94. The van der Waals surface area contributed by atoms with Crippen LogP contribution in [-0.4, -0.2) is 33.4 Å². The van der Waals surface area contributed by atoms with Crippen molar-refractivity contribution >= 4 is 23.6 Å². The third-order valence-electron chi connectivity index (χ3n) is 1.94. The number of hydrogen-bond donors (Lipinski definition) is 3. The molecule has 1 rings (SSSR count). The van der Waals surface area contributed by atoms with Crippen molar-refractivity contribution < 1.29 is 5.11 Å². The molecule has 0 fully saturated rings. The first-order chi connectivity index (χ1) is 7.33.